The number of nitrogens with one attached hydrogen (secondary N) is 2. The number of imide groups is 1. The highest BCUT2D eigenvalue weighted by Gasteiger charge is 2.18. The quantitative estimate of drug-likeness (QED) is 0.335. The molecule has 0 fully saturated rings. The second kappa shape index (κ2) is 11.8. The number of aryl methyl sites for hydroxylation is 2. The average Bonchev–Trinajstić information content (AvgIpc) is 3.18. The van der Waals surface area contributed by atoms with Crippen LogP contribution in [0.5, 0.6) is 0 Å². The summed E-state index contributed by atoms with van der Waals surface area (Å²) < 4.78 is 7.07. The molecule has 2 N–H and O–H groups in total. The molecule has 2 aromatic carbocycles. The summed E-state index contributed by atoms with van der Waals surface area (Å²) in [4.78, 5) is 24.5. The van der Waals surface area contributed by atoms with Gasteiger partial charge < -0.3 is 14.6 Å². The summed E-state index contributed by atoms with van der Waals surface area (Å²) in [5, 5.41) is 14.7. The van der Waals surface area contributed by atoms with Crippen LogP contribution in [-0.4, -0.2) is 46.2 Å². The van der Waals surface area contributed by atoms with E-state index in [1.54, 1.807) is 19.2 Å². The number of thioether (sulfide) groups is 1. The van der Waals surface area contributed by atoms with Gasteiger partial charge in [0.05, 0.1) is 10.8 Å². The van der Waals surface area contributed by atoms with E-state index in [0.29, 0.717) is 34.8 Å². The minimum Gasteiger partial charge on any atom is -0.385 e. The Hall–Kier alpha value is -2.88. The fourth-order valence-corrected chi connectivity index (χ4v) is 4.06. The van der Waals surface area contributed by atoms with Gasteiger partial charge in [-0.1, -0.05) is 41.6 Å². The van der Waals surface area contributed by atoms with E-state index in [1.165, 1.54) is 11.8 Å². The van der Waals surface area contributed by atoms with Crippen molar-refractivity contribution in [3.8, 4) is 11.4 Å². The van der Waals surface area contributed by atoms with Crippen LogP contribution < -0.4 is 10.6 Å². The second-order valence-electron chi connectivity index (χ2n) is 7.37. The van der Waals surface area contributed by atoms with Gasteiger partial charge in [0.1, 0.15) is 0 Å². The number of hydrogen-bond donors (Lipinski definition) is 2. The van der Waals surface area contributed by atoms with Gasteiger partial charge in [0.25, 0.3) is 0 Å². The van der Waals surface area contributed by atoms with Crippen LogP contribution in [0.3, 0.4) is 0 Å². The van der Waals surface area contributed by atoms with Gasteiger partial charge >= 0.3 is 6.03 Å². The Balaban J connectivity index is 1.64. The summed E-state index contributed by atoms with van der Waals surface area (Å²) in [6.07, 6.45) is 0.740. The zero-order valence-electron chi connectivity index (χ0n) is 18.7. The number of nitrogens with zero attached hydrogens (tertiary/aromatic N) is 3. The van der Waals surface area contributed by atoms with Crippen LogP contribution in [0, 0.1) is 13.8 Å². The normalized spacial score (nSPS) is 10.8. The Labute approximate surface area is 202 Å². The maximum Gasteiger partial charge on any atom is 0.325 e. The predicted octanol–water partition coefficient (Wildman–Crippen LogP) is 4.69. The SMILES string of the molecule is COCCCn1c(SCC(=O)NC(=O)Nc2ccc(C)c(C)c2)nnc1-c1ccccc1Cl. The zero-order chi connectivity index (χ0) is 23.8. The highest BCUT2D eigenvalue weighted by Crippen LogP contribution is 2.29. The van der Waals surface area contributed by atoms with Crippen LogP contribution in [0.2, 0.25) is 5.02 Å². The molecule has 0 bridgehead atoms. The molecule has 10 heteroatoms. The lowest BCUT2D eigenvalue weighted by Crippen LogP contribution is -2.35. The Morgan fingerprint density at radius 1 is 1.12 bits per heavy atom. The summed E-state index contributed by atoms with van der Waals surface area (Å²) in [6, 6.07) is 12.4. The van der Waals surface area contributed by atoms with Crippen LogP contribution in [0.15, 0.2) is 47.6 Å². The average molecular weight is 488 g/mol. The lowest BCUT2D eigenvalue weighted by atomic mass is 10.1. The van der Waals surface area contributed by atoms with Crippen LogP contribution in [0.25, 0.3) is 11.4 Å². The van der Waals surface area contributed by atoms with Gasteiger partial charge in [-0.2, -0.15) is 0 Å². The summed E-state index contributed by atoms with van der Waals surface area (Å²) >= 11 is 7.55. The van der Waals surface area contributed by atoms with Gasteiger partial charge in [0.15, 0.2) is 11.0 Å². The molecule has 174 valence electrons. The minimum atomic E-state index is -0.581. The smallest absolute Gasteiger partial charge is 0.325 e. The van der Waals surface area contributed by atoms with Crippen molar-refractivity contribution in [3.05, 3.63) is 58.6 Å². The second-order valence-corrected chi connectivity index (χ2v) is 8.72. The van der Waals surface area contributed by atoms with Crippen molar-refractivity contribution in [3.63, 3.8) is 0 Å². The third kappa shape index (κ3) is 6.80. The van der Waals surface area contributed by atoms with Crippen LogP contribution >= 0.6 is 23.4 Å². The number of amides is 3. The first-order valence-electron chi connectivity index (χ1n) is 10.4. The number of halogens is 1. The standard InChI is InChI=1S/C23H26ClN5O3S/c1-15-9-10-17(13-16(15)2)25-22(31)26-20(30)14-33-23-28-27-21(29(23)11-6-12-32-3)18-7-4-5-8-19(18)24/h4-5,7-10,13H,6,11-12,14H2,1-3H3,(H2,25,26,30,31). The van der Waals surface area contributed by atoms with E-state index in [4.69, 9.17) is 16.3 Å². The van der Waals surface area contributed by atoms with E-state index in [1.807, 2.05) is 48.7 Å². The first kappa shape index (κ1) is 24.8. The van der Waals surface area contributed by atoms with E-state index in [-0.39, 0.29) is 5.75 Å². The minimum absolute atomic E-state index is 0.00524. The van der Waals surface area contributed by atoms with Gasteiger partial charge in [-0.05, 0) is 55.7 Å². The third-order valence-electron chi connectivity index (χ3n) is 4.91. The molecule has 0 aliphatic heterocycles. The van der Waals surface area contributed by atoms with Gasteiger partial charge in [-0.25, -0.2) is 4.79 Å². The molecule has 0 aliphatic rings. The molecular weight excluding hydrogens is 462 g/mol. The zero-order valence-corrected chi connectivity index (χ0v) is 20.3. The lowest BCUT2D eigenvalue weighted by Gasteiger charge is -2.11. The third-order valence-corrected chi connectivity index (χ3v) is 6.21. The fraction of sp³-hybridized carbons (Fsp3) is 0.304. The molecule has 0 radical (unpaired) electrons. The van der Waals surface area contributed by atoms with Crippen LogP contribution in [-0.2, 0) is 16.1 Å². The molecule has 33 heavy (non-hydrogen) atoms. The molecule has 0 atom stereocenters. The Morgan fingerprint density at radius 2 is 1.91 bits per heavy atom. The summed E-state index contributed by atoms with van der Waals surface area (Å²) in [7, 11) is 1.64. The van der Waals surface area contributed by atoms with Gasteiger partial charge in [-0.15, -0.1) is 10.2 Å². The Bertz CT molecular complexity index is 1140. The van der Waals surface area contributed by atoms with Crippen molar-refractivity contribution in [1.29, 1.82) is 0 Å². The van der Waals surface area contributed by atoms with E-state index < -0.39 is 11.9 Å². The molecule has 3 aromatic rings. The number of aromatic nitrogens is 3. The number of methoxy groups -OCH3 is 1. The maximum atomic E-state index is 12.3. The first-order valence-corrected chi connectivity index (χ1v) is 11.7. The number of carbonyl (C=O) groups excluding carboxylic acids is 2. The van der Waals surface area contributed by atoms with E-state index in [9.17, 15) is 9.59 Å². The fourth-order valence-electron chi connectivity index (χ4n) is 3.08. The molecular formula is C23H26ClN5O3S. The molecule has 0 saturated carbocycles. The molecule has 1 aromatic heterocycles. The summed E-state index contributed by atoms with van der Waals surface area (Å²) in [6.45, 7) is 5.12. The molecule has 0 unspecified atom stereocenters. The molecule has 0 saturated heterocycles. The molecule has 1 heterocycles. The number of rotatable bonds is 9. The number of hydrogen-bond acceptors (Lipinski definition) is 6. The number of ether oxygens (including phenoxy) is 1. The Morgan fingerprint density at radius 3 is 2.64 bits per heavy atom. The van der Waals surface area contributed by atoms with Crippen molar-refractivity contribution >= 4 is 41.0 Å². The van der Waals surface area contributed by atoms with Crippen molar-refractivity contribution in [2.24, 2.45) is 0 Å². The first-order chi connectivity index (χ1) is 15.9. The number of anilines is 1. The number of carbonyl (C=O) groups is 2. The monoisotopic (exact) mass is 487 g/mol. The van der Waals surface area contributed by atoms with Gasteiger partial charge in [-0.3, -0.25) is 10.1 Å². The highest BCUT2D eigenvalue weighted by atomic mass is 35.5. The molecule has 3 rings (SSSR count). The Kier molecular flexibility index (Phi) is 8.87. The summed E-state index contributed by atoms with van der Waals surface area (Å²) in [5.74, 6) is 0.185. The maximum absolute atomic E-state index is 12.3. The van der Waals surface area contributed by atoms with Gasteiger partial charge in [0, 0.05) is 31.5 Å². The molecule has 3 amide bonds. The van der Waals surface area contributed by atoms with E-state index in [0.717, 1.165) is 23.1 Å². The highest BCUT2D eigenvalue weighted by molar-refractivity contribution is 7.99. The van der Waals surface area contributed by atoms with Crippen LogP contribution in [0.1, 0.15) is 17.5 Å². The van der Waals surface area contributed by atoms with Crippen molar-refractivity contribution in [2.45, 2.75) is 32.0 Å². The molecule has 0 aliphatic carbocycles. The topological polar surface area (TPSA) is 98.1 Å². The van der Waals surface area contributed by atoms with Gasteiger partial charge in [0.2, 0.25) is 5.91 Å². The van der Waals surface area contributed by atoms with Crippen molar-refractivity contribution < 1.29 is 14.3 Å². The van der Waals surface area contributed by atoms with Crippen LogP contribution in [0.4, 0.5) is 10.5 Å². The largest absolute Gasteiger partial charge is 0.385 e. The number of urea groups is 1. The van der Waals surface area contributed by atoms with E-state index >= 15 is 0 Å². The van der Waals surface area contributed by atoms with Crippen molar-refractivity contribution in [2.75, 3.05) is 24.8 Å². The predicted molar refractivity (Wildman–Crippen MR) is 131 cm³/mol. The summed E-state index contributed by atoms with van der Waals surface area (Å²) in [5.41, 5.74) is 3.56. The molecule has 0 spiro atoms. The van der Waals surface area contributed by atoms with Crippen molar-refractivity contribution in [1.82, 2.24) is 20.1 Å². The van der Waals surface area contributed by atoms with E-state index in [2.05, 4.69) is 20.8 Å². The lowest BCUT2D eigenvalue weighted by molar-refractivity contribution is -0.117. The molecule has 8 nitrogen and oxygen atoms in total. The number of benzene rings is 2.